The Balaban J connectivity index is 0.000000131. The van der Waals surface area contributed by atoms with E-state index in [1.807, 2.05) is 65.3 Å². The lowest BCUT2D eigenvalue weighted by molar-refractivity contribution is -0.744. The fraction of sp³-hybridized carbons (Fsp3) is 0.227. The molecule has 10 aromatic heterocycles. The van der Waals surface area contributed by atoms with E-state index in [-0.39, 0.29) is 5.41 Å². The van der Waals surface area contributed by atoms with Gasteiger partial charge < -0.3 is 0 Å². The maximum atomic E-state index is 7.40. The highest BCUT2D eigenvalue weighted by Crippen LogP contribution is 2.32. The maximum Gasteiger partial charge on any atom is 0.219 e. The average molecular weight is 1500 g/mol. The molecular weight excluding hydrogens is 1390 g/mol. The number of pyridine rings is 5. The summed E-state index contributed by atoms with van der Waals surface area (Å²) in [6, 6.07) is 67.7. The molecule has 0 spiro atoms. The van der Waals surface area contributed by atoms with E-state index in [2.05, 4.69) is 442 Å². The predicted molar refractivity (Wildman–Crippen MR) is 446 cm³/mol. The highest BCUT2D eigenvalue weighted by molar-refractivity contribution is 5.93. The van der Waals surface area contributed by atoms with Gasteiger partial charge in [-0.1, -0.05) is 75.4 Å². The fourth-order valence-corrected chi connectivity index (χ4v) is 15.3. The maximum absolute atomic E-state index is 7.40. The van der Waals surface area contributed by atoms with Crippen LogP contribution in [0.5, 0.6) is 0 Å². The Kier molecular flexibility index (Phi) is 23.9. The zero-order valence-electron chi connectivity index (χ0n) is 69.8. The molecule has 113 heavy (non-hydrogen) atoms. The van der Waals surface area contributed by atoms with Gasteiger partial charge in [0.1, 0.15) is 28.4 Å². The third-order valence-electron chi connectivity index (χ3n) is 21.5. The number of aromatic nitrogens is 15. The molecule has 16 nitrogen and oxygen atoms in total. The molecule has 0 fully saturated rings. The van der Waals surface area contributed by atoms with Gasteiger partial charge in [-0.05, 0) is 107 Å². The lowest BCUT2D eigenvalue weighted by atomic mass is 9.85. The van der Waals surface area contributed by atoms with Gasteiger partial charge in [-0.15, -0.1) is 46.8 Å². The average Bonchev–Trinajstić information content (AvgIpc) is 0.969. The second kappa shape index (κ2) is 34.0. The van der Waals surface area contributed by atoms with Crippen molar-refractivity contribution < 1.29 is 46.2 Å². The first kappa shape index (κ1) is 79.4. The molecule has 16 rings (SSSR count). The second-order valence-corrected chi connectivity index (χ2v) is 30.6. The second-order valence-electron chi connectivity index (χ2n) is 30.6. The molecule has 10 heterocycles. The Morgan fingerprint density at radius 2 is 0.655 bits per heavy atom. The Morgan fingerprint density at radius 3 is 1.05 bits per heavy atom. The molecule has 16 heteroatoms. The minimum absolute atomic E-state index is 0.0895. The number of hydrogen-bond donors (Lipinski definition) is 0. The van der Waals surface area contributed by atoms with Crippen LogP contribution in [-0.2, 0) is 40.7 Å². The topological polar surface area (TPSA) is 67.8 Å². The zero-order valence-corrected chi connectivity index (χ0v) is 69.8. The molecule has 0 saturated carbocycles. The molecule has 0 radical (unpaired) electrons. The highest BCUT2D eigenvalue weighted by atomic mass is 15.4. The van der Waals surface area contributed by atoms with Crippen molar-refractivity contribution in [1.29, 1.82) is 0 Å². The van der Waals surface area contributed by atoms with Crippen LogP contribution in [0.25, 0.3) is 72.5 Å². The number of rotatable bonds is 10. The standard InChI is InChI=1S/C21H21N3.C21H27N3.C19H23N3.C18H18N4.C18H21N3/c1-16-9-6-7-13-23(16)20-15-18-10-4-5-11-19(18)21(17(20)2)24-14-8-12-22(24)3;1-16-10-7-8-12-23(16)19-14-18(21(3,4)5)15-20(17(19)2)24-13-9-11-22(24)6;1-14-13-15(2)19(22-12-8-10-20(22)5)17(4)18(14)21-11-7-6-9-16(21)3;1-14-8-5-6-10-21(14)17-12-16(19-3)13-18(15(17)2)22-11-7-9-20(22)4;1-14-12-17(20-10-6-5-8-15(20)2)16(3)18(13-14)21-11-7-9-19(21)4/h4-15H,1-3H3;7-15H,1-6H3;6-13H,1-5H3;5-13H,1-2,4H3;5-13H,1-4H3/q5*+2. The summed E-state index contributed by atoms with van der Waals surface area (Å²) in [7, 11) is 10.3. The van der Waals surface area contributed by atoms with Crippen LogP contribution in [0.1, 0.15) is 99.3 Å². The third kappa shape index (κ3) is 16.8. The van der Waals surface area contributed by atoms with E-state index in [1.165, 1.54) is 124 Å². The molecule has 0 atom stereocenters. The summed E-state index contributed by atoms with van der Waals surface area (Å²) in [6.45, 7) is 42.3. The molecular formula is C97H110N16+10. The van der Waals surface area contributed by atoms with Crippen LogP contribution in [0, 0.1) is 96.6 Å². The Hall–Kier alpha value is -13.1. The Morgan fingerprint density at radius 1 is 0.301 bits per heavy atom. The van der Waals surface area contributed by atoms with E-state index in [1.54, 1.807) is 0 Å². The van der Waals surface area contributed by atoms with Crippen LogP contribution < -0.4 is 46.2 Å². The molecule has 0 N–H and O–H groups in total. The van der Waals surface area contributed by atoms with E-state index in [4.69, 9.17) is 6.57 Å². The van der Waals surface area contributed by atoms with Gasteiger partial charge in [0.05, 0.1) is 59.8 Å². The number of aryl methyl sites for hydroxylation is 13. The van der Waals surface area contributed by atoms with E-state index in [9.17, 15) is 0 Å². The number of hydrogen-bond acceptors (Lipinski definition) is 0. The lowest BCUT2D eigenvalue weighted by Gasteiger charge is -2.21. The van der Waals surface area contributed by atoms with Crippen molar-refractivity contribution in [3.63, 3.8) is 0 Å². The minimum Gasteiger partial charge on any atom is -0.238 e. The summed E-state index contributed by atoms with van der Waals surface area (Å²) < 4.78 is 32.4. The molecule has 0 amide bonds. The van der Waals surface area contributed by atoms with Gasteiger partial charge in [0.15, 0.2) is 131 Å². The van der Waals surface area contributed by atoms with Crippen molar-refractivity contribution in [2.45, 2.75) is 116 Å². The minimum atomic E-state index is 0.0895. The van der Waals surface area contributed by atoms with Crippen LogP contribution in [0.15, 0.2) is 287 Å². The Labute approximate surface area is 667 Å². The van der Waals surface area contributed by atoms with Crippen molar-refractivity contribution in [3.05, 3.63) is 377 Å². The lowest BCUT2D eigenvalue weighted by Crippen LogP contribution is -2.39. The first-order chi connectivity index (χ1) is 54.1. The molecule has 0 bridgehead atoms. The number of benzene rings is 6. The molecule has 0 aliphatic rings. The van der Waals surface area contributed by atoms with Gasteiger partial charge in [-0.25, -0.2) is 4.85 Å². The quantitative estimate of drug-likeness (QED) is 0.0967. The van der Waals surface area contributed by atoms with Gasteiger partial charge in [-0.2, -0.15) is 22.8 Å². The molecule has 0 unspecified atom stereocenters. The molecule has 0 aliphatic heterocycles. The van der Waals surface area contributed by atoms with Crippen molar-refractivity contribution in [2.75, 3.05) is 0 Å². The first-order valence-electron chi connectivity index (χ1n) is 38.6. The molecule has 568 valence electrons. The van der Waals surface area contributed by atoms with E-state index >= 15 is 0 Å². The van der Waals surface area contributed by atoms with Gasteiger partial charge in [0, 0.05) is 166 Å². The third-order valence-corrected chi connectivity index (χ3v) is 21.5. The van der Waals surface area contributed by atoms with Gasteiger partial charge >= 0.3 is 0 Å². The van der Waals surface area contributed by atoms with E-state index in [0.29, 0.717) is 5.69 Å². The van der Waals surface area contributed by atoms with E-state index in [0.717, 1.165) is 22.6 Å². The summed E-state index contributed by atoms with van der Waals surface area (Å²) in [5.41, 5.74) is 30.1. The van der Waals surface area contributed by atoms with Crippen molar-refractivity contribution in [3.8, 4) is 56.9 Å². The van der Waals surface area contributed by atoms with E-state index < -0.39 is 0 Å². The van der Waals surface area contributed by atoms with Crippen molar-refractivity contribution in [1.82, 2.24) is 23.4 Å². The van der Waals surface area contributed by atoms with Crippen LogP contribution in [-0.4, -0.2) is 23.4 Å². The van der Waals surface area contributed by atoms with Crippen LogP contribution in [0.3, 0.4) is 0 Å². The molecule has 0 aliphatic carbocycles. The molecule has 0 saturated heterocycles. The van der Waals surface area contributed by atoms with Gasteiger partial charge in [0.25, 0.3) is 0 Å². The number of fused-ring (bicyclic) bond motifs is 1. The fourth-order valence-electron chi connectivity index (χ4n) is 15.3. The highest BCUT2D eigenvalue weighted by Gasteiger charge is 2.29. The summed E-state index contributed by atoms with van der Waals surface area (Å²) >= 11 is 0. The molecule has 6 aromatic carbocycles. The summed E-state index contributed by atoms with van der Waals surface area (Å²) in [5.74, 6) is 0. The van der Waals surface area contributed by atoms with Crippen molar-refractivity contribution in [2.24, 2.45) is 35.2 Å². The van der Waals surface area contributed by atoms with Crippen LogP contribution in [0.2, 0.25) is 0 Å². The van der Waals surface area contributed by atoms with Crippen LogP contribution in [0.4, 0.5) is 5.69 Å². The smallest absolute Gasteiger partial charge is 0.219 e. The zero-order chi connectivity index (χ0) is 80.7. The Bertz CT molecular complexity index is 6190. The summed E-state index contributed by atoms with van der Waals surface area (Å²) in [5, 5.41) is 2.51. The van der Waals surface area contributed by atoms with Crippen LogP contribution >= 0.6 is 0 Å². The largest absolute Gasteiger partial charge is 0.238 e. The first-order valence-corrected chi connectivity index (χ1v) is 38.6. The van der Waals surface area contributed by atoms with Gasteiger partial charge in [-0.3, -0.25) is 0 Å². The van der Waals surface area contributed by atoms with Crippen molar-refractivity contribution >= 4 is 16.5 Å². The number of nitrogens with zero attached hydrogens (tertiary/aromatic N) is 16. The summed E-state index contributed by atoms with van der Waals surface area (Å²) in [6.07, 6.45) is 31.3. The molecule has 16 aromatic rings. The SMILES string of the molecule is Cc1c(-[n+]2ccccc2C)cc2ccccc2c1-n1ccc[n+]1C.Cc1c(-n2ccc[n+]2C)cc(C(C)(C)C)cc1-[n+]1ccccc1C.Cc1cc(-n2ccc[n+]2C)c(C)c(-[n+]2ccccc2C)c1.Cc1cc(C)c(-[n+]2ccccc2C)c(C)c1-n1ccc[n+]1C.[C-]#[N+]c1cc(-n2ccc[n+]2C)c(C)c(-[n+]2ccccc2C)c1. The van der Waals surface area contributed by atoms with Gasteiger partial charge in [0.2, 0.25) is 28.4 Å². The normalized spacial score (nSPS) is 11.0. The summed E-state index contributed by atoms with van der Waals surface area (Å²) in [4.78, 5) is 3.64. The monoisotopic (exact) mass is 1500 g/mol. The predicted octanol–water partition coefficient (Wildman–Crippen LogP) is 14.9.